The molecule has 0 saturated heterocycles. The van der Waals surface area contributed by atoms with Gasteiger partial charge in [-0.2, -0.15) is 5.10 Å². The van der Waals surface area contributed by atoms with Crippen LogP contribution in [0.3, 0.4) is 0 Å². The zero-order valence-corrected chi connectivity index (χ0v) is 17.1. The van der Waals surface area contributed by atoms with Gasteiger partial charge in [0.25, 0.3) is 5.91 Å². The van der Waals surface area contributed by atoms with Crippen LogP contribution in [0.2, 0.25) is 0 Å². The van der Waals surface area contributed by atoms with Gasteiger partial charge in [0, 0.05) is 23.5 Å². The van der Waals surface area contributed by atoms with Gasteiger partial charge >= 0.3 is 0 Å². The number of aldehydes is 1. The molecule has 2 fully saturated rings. The number of carbonyl (C=O) groups excluding carboxylic acids is 2. The van der Waals surface area contributed by atoms with Crippen molar-refractivity contribution in [2.24, 2.45) is 5.92 Å². The quantitative estimate of drug-likeness (QED) is 0.565. The minimum atomic E-state index is -0.454. The third-order valence-electron chi connectivity index (χ3n) is 6.02. The van der Waals surface area contributed by atoms with Gasteiger partial charge in [-0.3, -0.25) is 14.9 Å². The van der Waals surface area contributed by atoms with Crippen LogP contribution in [0.25, 0.3) is 22.0 Å². The highest BCUT2D eigenvalue weighted by atomic mass is 16.1. The SMILES string of the molecule is Cc1ccc(C(=O)NC2CC2)cc1-c1ccc2c(cnn2C(C=O)NCC2CC2)c1. The Morgan fingerprint density at radius 3 is 2.77 bits per heavy atom. The zero-order chi connectivity index (χ0) is 20.7. The van der Waals surface area contributed by atoms with E-state index in [9.17, 15) is 9.59 Å². The minimum absolute atomic E-state index is 0.0109. The second kappa shape index (κ2) is 7.69. The van der Waals surface area contributed by atoms with Crippen LogP contribution >= 0.6 is 0 Å². The number of benzene rings is 2. The van der Waals surface area contributed by atoms with E-state index in [1.807, 2.05) is 30.3 Å². The average molecular weight is 402 g/mol. The first-order chi connectivity index (χ1) is 14.6. The highest BCUT2D eigenvalue weighted by molar-refractivity contribution is 5.96. The summed E-state index contributed by atoms with van der Waals surface area (Å²) in [4.78, 5) is 24.1. The van der Waals surface area contributed by atoms with Crippen LogP contribution in [-0.2, 0) is 4.79 Å². The van der Waals surface area contributed by atoms with E-state index in [1.165, 1.54) is 12.8 Å². The van der Waals surface area contributed by atoms with E-state index < -0.39 is 6.17 Å². The van der Waals surface area contributed by atoms with Gasteiger partial charge in [-0.15, -0.1) is 0 Å². The number of hydrogen-bond donors (Lipinski definition) is 2. The van der Waals surface area contributed by atoms with E-state index in [0.717, 1.165) is 53.3 Å². The summed E-state index contributed by atoms with van der Waals surface area (Å²) >= 11 is 0. The van der Waals surface area contributed by atoms with Crippen LogP contribution in [0.4, 0.5) is 0 Å². The summed E-state index contributed by atoms with van der Waals surface area (Å²) in [6.45, 7) is 2.90. The molecule has 0 radical (unpaired) electrons. The molecule has 2 N–H and O–H groups in total. The fraction of sp³-hybridized carbons (Fsp3) is 0.375. The number of nitrogens with one attached hydrogen (secondary N) is 2. The summed E-state index contributed by atoms with van der Waals surface area (Å²) in [5, 5.41) is 11.8. The lowest BCUT2D eigenvalue weighted by Gasteiger charge is -2.14. The summed E-state index contributed by atoms with van der Waals surface area (Å²) in [5.41, 5.74) is 4.78. The molecule has 1 aromatic heterocycles. The molecule has 5 rings (SSSR count). The number of aromatic nitrogens is 2. The normalized spacial score (nSPS) is 17.1. The molecule has 0 spiro atoms. The largest absolute Gasteiger partial charge is 0.349 e. The molecule has 30 heavy (non-hydrogen) atoms. The van der Waals surface area contributed by atoms with Gasteiger partial charge in [0.2, 0.25) is 0 Å². The summed E-state index contributed by atoms with van der Waals surface area (Å²) in [6, 6.07) is 12.3. The van der Waals surface area contributed by atoms with E-state index in [1.54, 1.807) is 10.9 Å². The van der Waals surface area contributed by atoms with E-state index in [2.05, 4.69) is 28.7 Å². The lowest BCUT2D eigenvalue weighted by Crippen LogP contribution is -2.30. The highest BCUT2D eigenvalue weighted by Gasteiger charge is 2.25. The molecule has 154 valence electrons. The highest BCUT2D eigenvalue weighted by Crippen LogP contribution is 2.30. The number of amides is 1. The molecule has 0 aliphatic heterocycles. The first kappa shape index (κ1) is 19.0. The molecule has 1 heterocycles. The second-order valence-corrected chi connectivity index (χ2v) is 8.57. The molecule has 2 saturated carbocycles. The molecule has 2 aliphatic carbocycles. The number of fused-ring (bicyclic) bond motifs is 1. The molecule has 6 heteroatoms. The lowest BCUT2D eigenvalue weighted by molar-refractivity contribution is -0.111. The van der Waals surface area contributed by atoms with Gasteiger partial charge in [0.15, 0.2) is 12.5 Å². The first-order valence-electron chi connectivity index (χ1n) is 10.7. The van der Waals surface area contributed by atoms with Gasteiger partial charge in [0.1, 0.15) is 0 Å². The Hall–Kier alpha value is -2.99. The van der Waals surface area contributed by atoms with Crippen molar-refractivity contribution in [2.75, 3.05) is 6.54 Å². The maximum Gasteiger partial charge on any atom is 0.251 e. The van der Waals surface area contributed by atoms with Crippen molar-refractivity contribution in [3.8, 4) is 11.1 Å². The Kier molecular flexibility index (Phi) is 4.87. The molecular formula is C24H26N4O2. The van der Waals surface area contributed by atoms with E-state index in [-0.39, 0.29) is 5.91 Å². The summed E-state index contributed by atoms with van der Waals surface area (Å²) < 4.78 is 1.75. The summed E-state index contributed by atoms with van der Waals surface area (Å²) in [6.07, 6.45) is 6.87. The Balaban J connectivity index is 1.43. The fourth-order valence-electron chi connectivity index (χ4n) is 3.81. The predicted molar refractivity (Wildman–Crippen MR) is 116 cm³/mol. The van der Waals surface area contributed by atoms with Crippen LogP contribution in [-0.4, -0.2) is 34.6 Å². The molecule has 1 atom stereocenters. The second-order valence-electron chi connectivity index (χ2n) is 8.57. The number of aryl methyl sites for hydroxylation is 1. The molecule has 3 aromatic rings. The molecule has 2 aromatic carbocycles. The Labute approximate surface area is 175 Å². The standard InChI is InChI=1S/C24H26N4O2/c1-15-2-5-18(24(30)27-20-7-8-20)11-21(15)17-6-9-22-19(10-17)13-26-28(22)23(14-29)25-12-16-3-4-16/h2,5-6,9-11,13-14,16,20,23,25H,3-4,7-8,12H2,1H3,(H,27,30). The third kappa shape index (κ3) is 3.87. The summed E-state index contributed by atoms with van der Waals surface area (Å²) in [5.74, 6) is 0.677. The number of nitrogens with zero attached hydrogens (tertiary/aromatic N) is 2. The predicted octanol–water partition coefficient (Wildman–Crippen LogP) is 3.60. The first-order valence-corrected chi connectivity index (χ1v) is 10.7. The average Bonchev–Trinajstić information content (AvgIpc) is 3.68. The lowest BCUT2D eigenvalue weighted by atomic mass is 9.97. The van der Waals surface area contributed by atoms with E-state index in [4.69, 9.17) is 0 Å². The van der Waals surface area contributed by atoms with Crippen molar-refractivity contribution in [3.63, 3.8) is 0 Å². The zero-order valence-electron chi connectivity index (χ0n) is 17.1. The Morgan fingerprint density at radius 2 is 2.03 bits per heavy atom. The smallest absolute Gasteiger partial charge is 0.251 e. The molecule has 0 bridgehead atoms. The Morgan fingerprint density at radius 1 is 1.20 bits per heavy atom. The van der Waals surface area contributed by atoms with Crippen molar-refractivity contribution < 1.29 is 9.59 Å². The summed E-state index contributed by atoms with van der Waals surface area (Å²) in [7, 11) is 0. The molecular weight excluding hydrogens is 376 g/mol. The van der Waals surface area contributed by atoms with Crippen LogP contribution in [0.1, 0.15) is 47.8 Å². The number of carbonyl (C=O) groups is 2. The molecule has 1 unspecified atom stereocenters. The maximum absolute atomic E-state index is 12.5. The topological polar surface area (TPSA) is 76.0 Å². The van der Waals surface area contributed by atoms with Gasteiger partial charge in [-0.05, 0) is 79.5 Å². The van der Waals surface area contributed by atoms with Crippen LogP contribution in [0.15, 0.2) is 42.6 Å². The Bertz CT molecular complexity index is 1110. The van der Waals surface area contributed by atoms with Crippen LogP contribution in [0.5, 0.6) is 0 Å². The third-order valence-corrected chi connectivity index (χ3v) is 6.02. The van der Waals surface area contributed by atoms with E-state index >= 15 is 0 Å². The van der Waals surface area contributed by atoms with Gasteiger partial charge in [-0.25, -0.2) is 4.68 Å². The maximum atomic E-state index is 12.5. The minimum Gasteiger partial charge on any atom is -0.349 e. The van der Waals surface area contributed by atoms with Gasteiger partial charge in [0.05, 0.1) is 11.7 Å². The van der Waals surface area contributed by atoms with Crippen molar-refractivity contribution >= 4 is 23.1 Å². The fourth-order valence-corrected chi connectivity index (χ4v) is 3.81. The number of hydrogen-bond acceptors (Lipinski definition) is 4. The monoisotopic (exact) mass is 402 g/mol. The number of rotatable bonds is 8. The van der Waals surface area contributed by atoms with Crippen molar-refractivity contribution in [1.82, 2.24) is 20.4 Å². The van der Waals surface area contributed by atoms with Crippen molar-refractivity contribution in [1.29, 1.82) is 0 Å². The molecule has 1 amide bonds. The van der Waals surface area contributed by atoms with E-state index in [0.29, 0.717) is 17.5 Å². The van der Waals surface area contributed by atoms with Crippen molar-refractivity contribution in [3.05, 3.63) is 53.7 Å². The van der Waals surface area contributed by atoms with Crippen LogP contribution < -0.4 is 10.6 Å². The van der Waals surface area contributed by atoms with Gasteiger partial charge in [-0.1, -0.05) is 12.1 Å². The van der Waals surface area contributed by atoms with Gasteiger partial charge < -0.3 is 5.32 Å². The molecule has 6 nitrogen and oxygen atoms in total. The van der Waals surface area contributed by atoms with Crippen molar-refractivity contribution in [2.45, 2.75) is 44.8 Å². The molecule has 2 aliphatic rings. The van der Waals surface area contributed by atoms with Crippen LogP contribution in [0, 0.1) is 12.8 Å².